The van der Waals surface area contributed by atoms with Gasteiger partial charge in [-0.25, -0.2) is 22.9 Å². The molecule has 1 fully saturated rings. The summed E-state index contributed by atoms with van der Waals surface area (Å²) in [4.78, 5) is 31.3. The van der Waals surface area contributed by atoms with Crippen molar-refractivity contribution in [1.29, 1.82) is 0 Å². The fraction of sp³-hybridized carbons (Fsp3) is 0.227. The number of anilines is 1. The van der Waals surface area contributed by atoms with Crippen LogP contribution in [0.2, 0.25) is 0 Å². The maximum Gasteiger partial charge on any atom is 0.343 e. The number of hydrogen-bond donors (Lipinski definition) is 1. The standard InChI is InChI=1S/C22H19F3N4O3/c1-2-7-32-22(31)15-11-29(18-4-3-12(23)8-16(18)24)20-14(19(15)30)9-17(25)21(27-20)28-6-5-13(26)10-28/h2-4,8-9,11,13H,1,5-7,10,26H2. The van der Waals surface area contributed by atoms with E-state index in [0.717, 1.165) is 29.0 Å². The molecule has 7 nitrogen and oxygen atoms in total. The molecule has 0 radical (unpaired) electrons. The third-order valence-electron chi connectivity index (χ3n) is 5.16. The second-order valence-electron chi connectivity index (χ2n) is 7.38. The minimum atomic E-state index is -0.997. The van der Waals surface area contributed by atoms with E-state index in [4.69, 9.17) is 10.5 Å². The summed E-state index contributed by atoms with van der Waals surface area (Å²) in [5.74, 6) is -3.61. The van der Waals surface area contributed by atoms with Crippen molar-refractivity contribution in [2.24, 2.45) is 5.73 Å². The van der Waals surface area contributed by atoms with Crippen molar-refractivity contribution in [3.63, 3.8) is 0 Å². The molecule has 1 aliphatic heterocycles. The number of benzene rings is 1. The predicted octanol–water partition coefficient (Wildman–Crippen LogP) is 2.68. The molecular formula is C22H19F3N4O3. The monoisotopic (exact) mass is 444 g/mol. The summed E-state index contributed by atoms with van der Waals surface area (Å²) < 4.78 is 49.1. The first-order chi connectivity index (χ1) is 15.3. The topological polar surface area (TPSA) is 90.5 Å². The average molecular weight is 444 g/mol. The molecule has 0 spiro atoms. The Kier molecular flexibility index (Phi) is 5.70. The number of pyridine rings is 2. The number of carbonyl (C=O) groups excluding carboxylic acids is 1. The van der Waals surface area contributed by atoms with Crippen LogP contribution in [0.1, 0.15) is 16.8 Å². The molecule has 0 amide bonds. The van der Waals surface area contributed by atoms with Gasteiger partial charge >= 0.3 is 5.97 Å². The highest BCUT2D eigenvalue weighted by molar-refractivity contribution is 5.94. The molecule has 0 aliphatic carbocycles. The van der Waals surface area contributed by atoms with E-state index in [9.17, 15) is 22.8 Å². The van der Waals surface area contributed by atoms with Crippen LogP contribution in [-0.4, -0.2) is 41.3 Å². The normalized spacial score (nSPS) is 15.9. The number of rotatable bonds is 5. The highest BCUT2D eigenvalue weighted by Gasteiger charge is 2.26. The quantitative estimate of drug-likeness (QED) is 0.481. The van der Waals surface area contributed by atoms with Crippen LogP contribution in [0.3, 0.4) is 0 Å². The van der Waals surface area contributed by atoms with Crippen LogP contribution in [0, 0.1) is 17.5 Å². The molecule has 32 heavy (non-hydrogen) atoms. The number of ether oxygens (including phenoxy) is 1. The van der Waals surface area contributed by atoms with Crippen LogP contribution in [0.4, 0.5) is 19.0 Å². The molecule has 1 atom stereocenters. The van der Waals surface area contributed by atoms with Gasteiger partial charge in [-0.15, -0.1) is 0 Å². The maximum atomic E-state index is 14.9. The molecule has 4 rings (SSSR count). The van der Waals surface area contributed by atoms with Gasteiger partial charge in [0.2, 0.25) is 5.43 Å². The lowest BCUT2D eigenvalue weighted by molar-refractivity contribution is 0.0547. The van der Waals surface area contributed by atoms with Crippen molar-refractivity contribution < 1.29 is 22.7 Å². The van der Waals surface area contributed by atoms with Crippen molar-refractivity contribution in [2.45, 2.75) is 12.5 Å². The first kappa shape index (κ1) is 21.6. The van der Waals surface area contributed by atoms with Crippen LogP contribution in [0.15, 0.2) is 47.9 Å². The second kappa shape index (κ2) is 8.46. The number of aromatic nitrogens is 2. The molecule has 1 aliphatic rings. The number of carbonyl (C=O) groups is 1. The molecule has 1 unspecified atom stereocenters. The second-order valence-corrected chi connectivity index (χ2v) is 7.38. The molecule has 3 heterocycles. The van der Waals surface area contributed by atoms with Crippen molar-refractivity contribution >= 4 is 22.8 Å². The van der Waals surface area contributed by atoms with E-state index in [-0.39, 0.29) is 35.2 Å². The Balaban J connectivity index is 2.00. The van der Waals surface area contributed by atoms with Gasteiger partial charge < -0.3 is 15.4 Å². The van der Waals surface area contributed by atoms with E-state index in [1.807, 2.05) is 0 Å². The number of nitrogens with zero attached hydrogens (tertiary/aromatic N) is 3. The first-order valence-electron chi connectivity index (χ1n) is 9.80. The molecule has 166 valence electrons. The summed E-state index contributed by atoms with van der Waals surface area (Å²) in [5.41, 5.74) is 4.34. The van der Waals surface area contributed by atoms with Crippen molar-refractivity contribution in [3.05, 3.63) is 76.4 Å². The van der Waals surface area contributed by atoms with Crippen molar-refractivity contribution in [3.8, 4) is 5.69 Å². The molecule has 1 saturated heterocycles. The van der Waals surface area contributed by atoms with E-state index < -0.39 is 34.4 Å². The third-order valence-corrected chi connectivity index (χ3v) is 5.16. The van der Waals surface area contributed by atoms with Gasteiger partial charge in [-0.1, -0.05) is 12.7 Å². The smallest absolute Gasteiger partial charge is 0.343 e. The minimum Gasteiger partial charge on any atom is -0.458 e. The van der Waals surface area contributed by atoms with Gasteiger partial charge in [-0.05, 0) is 24.6 Å². The zero-order valence-electron chi connectivity index (χ0n) is 16.9. The number of fused-ring (bicyclic) bond motifs is 1. The summed E-state index contributed by atoms with van der Waals surface area (Å²) in [5, 5.41) is -0.258. The molecular weight excluding hydrogens is 425 g/mol. The van der Waals surface area contributed by atoms with Crippen molar-refractivity contribution in [1.82, 2.24) is 9.55 Å². The highest BCUT2D eigenvalue weighted by atomic mass is 19.1. The summed E-state index contributed by atoms with van der Waals surface area (Å²) >= 11 is 0. The molecule has 0 saturated carbocycles. The lowest BCUT2D eigenvalue weighted by Crippen LogP contribution is -2.28. The fourth-order valence-electron chi connectivity index (χ4n) is 3.63. The summed E-state index contributed by atoms with van der Waals surface area (Å²) in [6.45, 7) is 4.08. The van der Waals surface area contributed by atoms with Crippen LogP contribution in [0.5, 0.6) is 0 Å². The van der Waals surface area contributed by atoms with E-state index in [1.165, 1.54) is 6.08 Å². The van der Waals surface area contributed by atoms with Gasteiger partial charge in [-0.3, -0.25) is 9.36 Å². The Morgan fingerprint density at radius 2 is 2.06 bits per heavy atom. The maximum absolute atomic E-state index is 14.9. The Morgan fingerprint density at radius 1 is 1.28 bits per heavy atom. The Bertz CT molecular complexity index is 1290. The zero-order valence-corrected chi connectivity index (χ0v) is 16.9. The molecule has 3 aromatic rings. The van der Waals surface area contributed by atoms with Gasteiger partial charge in [0.15, 0.2) is 17.3 Å². The van der Waals surface area contributed by atoms with E-state index >= 15 is 0 Å². The average Bonchev–Trinajstić information content (AvgIpc) is 3.19. The van der Waals surface area contributed by atoms with Crippen LogP contribution in [-0.2, 0) is 4.74 Å². The Morgan fingerprint density at radius 3 is 2.72 bits per heavy atom. The minimum absolute atomic E-state index is 0.0527. The Labute approximate surface area is 180 Å². The molecule has 1 aromatic carbocycles. The molecule has 2 aromatic heterocycles. The number of nitrogens with two attached hydrogens (primary N) is 1. The SMILES string of the molecule is C=CCOC(=O)c1cn(-c2ccc(F)cc2F)c2nc(N3CCC(N)C3)c(F)cc2c1=O. The van der Waals surface area contributed by atoms with E-state index in [1.54, 1.807) is 4.90 Å². The van der Waals surface area contributed by atoms with Gasteiger partial charge in [0, 0.05) is 31.4 Å². The van der Waals surface area contributed by atoms with Crippen molar-refractivity contribution in [2.75, 3.05) is 24.6 Å². The molecule has 10 heteroatoms. The van der Waals surface area contributed by atoms with Crippen LogP contribution < -0.4 is 16.1 Å². The molecule has 0 bridgehead atoms. The first-order valence-corrected chi connectivity index (χ1v) is 9.80. The summed E-state index contributed by atoms with van der Waals surface area (Å²) in [6.07, 6.45) is 2.99. The zero-order chi connectivity index (χ0) is 23.0. The van der Waals surface area contributed by atoms with Gasteiger partial charge in [-0.2, -0.15) is 0 Å². The number of esters is 1. The van der Waals surface area contributed by atoms with Crippen LogP contribution >= 0.6 is 0 Å². The summed E-state index contributed by atoms with van der Waals surface area (Å²) in [7, 11) is 0. The molecule has 2 N–H and O–H groups in total. The Hall–Kier alpha value is -3.66. The van der Waals surface area contributed by atoms with E-state index in [0.29, 0.717) is 25.6 Å². The lowest BCUT2D eigenvalue weighted by Gasteiger charge is -2.20. The predicted molar refractivity (Wildman–Crippen MR) is 112 cm³/mol. The van der Waals surface area contributed by atoms with Gasteiger partial charge in [0.05, 0.1) is 11.1 Å². The van der Waals surface area contributed by atoms with Gasteiger partial charge in [0.1, 0.15) is 23.8 Å². The summed E-state index contributed by atoms with van der Waals surface area (Å²) in [6, 6.07) is 3.59. The van der Waals surface area contributed by atoms with E-state index in [2.05, 4.69) is 11.6 Å². The lowest BCUT2D eigenvalue weighted by atomic mass is 10.1. The highest BCUT2D eigenvalue weighted by Crippen LogP contribution is 2.27. The van der Waals surface area contributed by atoms with Gasteiger partial charge in [0.25, 0.3) is 0 Å². The number of hydrogen-bond acceptors (Lipinski definition) is 6. The van der Waals surface area contributed by atoms with Crippen LogP contribution in [0.25, 0.3) is 16.7 Å². The number of halogens is 3. The largest absolute Gasteiger partial charge is 0.458 e. The third kappa shape index (κ3) is 3.84. The fourth-order valence-corrected chi connectivity index (χ4v) is 3.63.